The SMILES string of the molecule is CCCn1c(C(F)(F)F)nc2c(C(=O)O)cccc21. The summed E-state index contributed by atoms with van der Waals surface area (Å²) in [6.45, 7) is 1.88. The first-order valence-electron chi connectivity index (χ1n) is 5.66. The number of aromatic nitrogens is 2. The number of carboxylic acids is 1. The molecule has 102 valence electrons. The maximum atomic E-state index is 12.9. The van der Waals surface area contributed by atoms with E-state index < -0.39 is 18.0 Å². The van der Waals surface area contributed by atoms with Crippen LogP contribution in [0, 0.1) is 0 Å². The number of rotatable bonds is 3. The third kappa shape index (κ3) is 2.27. The predicted molar refractivity (Wildman–Crippen MR) is 62.0 cm³/mol. The summed E-state index contributed by atoms with van der Waals surface area (Å²) in [5, 5.41) is 8.99. The van der Waals surface area contributed by atoms with E-state index >= 15 is 0 Å². The van der Waals surface area contributed by atoms with Gasteiger partial charge >= 0.3 is 12.1 Å². The number of imidazole rings is 1. The number of benzene rings is 1. The second-order valence-electron chi connectivity index (χ2n) is 4.06. The lowest BCUT2D eigenvalue weighted by molar-refractivity contribution is -0.146. The average molecular weight is 272 g/mol. The van der Waals surface area contributed by atoms with Gasteiger partial charge < -0.3 is 9.67 Å². The number of nitrogens with zero attached hydrogens (tertiary/aromatic N) is 2. The summed E-state index contributed by atoms with van der Waals surface area (Å²) in [5.41, 5.74) is -0.164. The molecule has 7 heteroatoms. The van der Waals surface area contributed by atoms with E-state index in [1.807, 2.05) is 0 Å². The lowest BCUT2D eigenvalue weighted by Crippen LogP contribution is -2.14. The van der Waals surface area contributed by atoms with Gasteiger partial charge in [-0.25, -0.2) is 9.78 Å². The molecule has 2 rings (SSSR count). The molecule has 0 fully saturated rings. The second-order valence-corrected chi connectivity index (χ2v) is 4.06. The van der Waals surface area contributed by atoms with Gasteiger partial charge in [-0.2, -0.15) is 13.2 Å². The van der Waals surface area contributed by atoms with E-state index in [1.54, 1.807) is 6.92 Å². The van der Waals surface area contributed by atoms with Crippen molar-refractivity contribution >= 4 is 17.0 Å². The van der Waals surface area contributed by atoms with E-state index in [0.717, 1.165) is 4.57 Å². The summed E-state index contributed by atoms with van der Waals surface area (Å²) in [7, 11) is 0. The van der Waals surface area contributed by atoms with Gasteiger partial charge in [-0.1, -0.05) is 13.0 Å². The maximum absolute atomic E-state index is 12.9. The van der Waals surface area contributed by atoms with Crippen molar-refractivity contribution < 1.29 is 23.1 Å². The Labute approximate surface area is 106 Å². The highest BCUT2D eigenvalue weighted by atomic mass is 19.4. The number of carboxylic acid groups (broad SMARTS) is 1. The fourth-order valence-corrected chi connectivity index (χ4v) is 1.99. The monoisotopic (exact) mass is 272 g/mol. The third-order valence-electron chi connectivity index (χ3n) is 2.71. The van der Waals surface area contributed by atoms with E-state index in [1.165, 1.54) is 18.2 Å². The average Bonchev–Trinajstić information content (AvgIpc) is 2.68. The van der Waals surface area contributed by atoms with Crippen LogP contribution < -0.4 is 0 Å². The molecule has 19 heavy (non-hydrogen) atoms. The van der Waals surface area contributed by atoms with E-state index in [2.05, 4.69) is 4.98 Å². The van der Waals surface area contributed by atoms with Crippen molar-refractivity contribution in [3.63, 3.8) is 0 Å². The fraction of sp³-hybridized carbons (Fsp3) is 0.333. The maximum Gasteiger partial charge on any atom is 0.449 e. The van der Waals surface area contributed by atoms with Crippen molar-refractivity contribution in [2.45, 2.75) is 26.1 Å². The number of hydrogen-bond acceptors (Lipinski definition) is 2. The number of hydrogen-bond donors (Lipinski definition) is 1. The lowest BCUT2D eigenvalue weighted by Gasteiger charge is -2.09. The number of para-hydroxylation sites is 1. The Bertz CT molecular complexity index is 632. The molecule has 0 saturated carbocycles. The third-order valence-corrected chi connectivity index (χ3v) is 2.71. The van der Waals surface area contributed by atoms with Gasteiger partial charge in [0.2, 0.25) is 5.82 Å². The number of carbonyl (C=O) groups is 1. The van der Waals surface area contributed by atoms with Crippen LogP contribution in [-0.4, -0.2) is 20.6 Å². The molecule has 0 atom stereocenters. The van der Waals surface area contributed by atoms with Gasteiger partial charge in [0.25, 0.3) is 0 Å². The van der Waals surface area contributed by atoms with Gasteiger partial charge in [0.05, 0.1) is 11.1 Å². The zero-order valence-corrected chi connectivity index (χ0v) is 10.0. The Hall–Kier alpha value is -2.05. The van der Waals surface area contributed by atoms with Gasteiger partial charge in [0.1, 0.15) is 5.52 Å². The van der Waals surface area contributed by atoms with Gasteiger partial charge in [0.15, 0.2) is 0 Å². The highest BCUT2D eigenvalue weighted by molar-refractivity contribution is 6.01. The molecule has 0 aliphatic rings. The zero-order chi connectivity index (χ0) is 14.2. The number of halogens is 3. The molecular formula is C12H11F3N2O2. The molecule has 0 radical (unpaired) electrons. The second kappa shape index (κ2) is 4.56. The van der Waals surface area contributed by atoms with Crippen LogP contribution in [0.3, 0.4) is 0 Å². The van der Waals surface area contributed by atoms with Crippen LogP contribution in [0.15, 0.2) is 18.2 Å². The molecule has 0 unspecified atom stereocenters. The number of alkyl halides is 3. The predicted octanol–water partition coefficient (Wildman–Crippen LogP) is 3.16. The van der Waals surface area contributed by atoms with Crippen LogP contribution in [-0.2, 0) is 12.7 Å². The first kappa shape index (κ1) is 13.4. The highest BCUT2D eigenvalue weighted by Crippen LogP contribution is 2.32. The summed E-state index contributed by atoms with van der Waals surface area (Å²) in [4.78, 5) is 14.5. The van der Waals surface area contributed by atoms with Crippen molar-refractivity contribution in [1.29, 1.82) is 0 Å². The number of aromatic carboxylic acids is 1. The molecule has 1 aromatic carbocycles. The van der Waals surface area contributed by atoms with Gasteiger partial charge in [0, 0.05) is 6.54 Å². The normalized spacial score (nSPS) is 12.0. The number of fused-ring (bicyclic) bond motifs is 1. The molecule has 0 aliphatic carbocycles. The smallest absolute Gasteiger partial charge is 0.449 e. The minimum absolute atomic E-state index is 0.129. The quantitative estimate of drug-likeness (QED) is 0.933. The van der Waals surface area contributed by atoms with Crippen LogP contribution in [0.2, 0.25) is 0 Å². The Morgan fingerprint density at radius 2 is 2.11 bits per heavy atom. The molecule has 2 aromatic rings. The van der Waals surface area contributed by atoms with Crippen molar-refractivity contribution in [3.8, 4) is 0 Å². The van der Waals surface area contributed by atoms with Crippen LogP contribution >= 0.6 is 0 Å². The molecule has 0 aliphatic heterocycles. The molecule has 1 heterocycles. The largest absolute Gasteiger partial charge is 0.478 e. The van der Waals surface area contributed by atoms with Gasteiger partial charge in [-0.05, 0) is 18.6 Å². The summed E-state index contributed by atoms with van der Waals surface area (Å²) < 4.78 is 39.8. The molecule has 1 N–H and O–H groups in total. The van der Waals surface area contributed by atoms with Gasteiger partial charge in [-0.15, -0.1) is 0 Å². The zero-order valence-electron chi connectivity index (χ0n) is 10.0. The van der Waals surface area contributed by atoms with Crippen LogP contribution in [0.25, 0.3) is 11.0 Å². The molecule has 0 spiro atoms. The first-order chi connectivity index (χ1) is 8.86. The molecule has 1 aromatic heterocycles. The Kier molecular flexibility index (Phi) is 3.21. The van der Waals surface area contributed by atoms with Crippen molar-refractivity contribution in [2.24, 2.45) is 0 Å². The molecule has 0 bridgehead atoms. The summed E-state index contributed by atoms with van der Waals surface area (Å²) in [6, 6.07) is 4.10. The van der Waals surface area contributed by atoms with Crippen LogP contribution in [0.1, 0.15) is 29.5 Å². The fourth-order valence-electron chi connectivity index (χ4n) is 1.99. The Morgan fingerprint density at radius 3 is 2.63 bits per heavy atom. The molecular weight excluding hydrogens is 261 g/mol. The van der Waals surface area contributed by atoms with E-state index in [-0.39, 0.29) is 23.1 Å². The highest BCUT2D eigenvalue weighted by Gasteiger charge is 2.38. The van der Waals surface area contributed by atoms with E-state index in [4.69, 9.17) is 5.11 Å². The Morgan fingerprint density at radius 1 is 1.42 bits per heavy atom. The van der Waals surface area contributed by atoms with Gasteiger partial charge in [-0.3, -0.25) is 0 Å². The lowest BCUT2D eigenvalue weighted by atomic mass is 10.2. The summed E-state index contributed by atoms with van der Waals surface area (Å²) >= 11 is 0. The molecule has 0 saturated heterocycles. The summed E-state index contributed by atoms with van der Waals surface area (Å²) in [6.07, 6.45) is -4.12. The minimum atomic E-state index is -4.61. The van der Waals surface area contributed by atoms with Crippen LogP contribution in [0.5, 0.6) is 0 Å². The number of aryl methyl sites for hydroxylation is 1. The molecule has 4 nitrogen and oxygen atoms in total. The van der Waals surface area contributed by atoms with Crippen molar-refractivity contribution in [1.82, 2.24) is 9.55 Å². The van der Waals surface area contributed by atoms with Crippen LogP contribution in [0.4, 0.5) is 13.2 Å². The van der Waals surface area contributed by atoms with E-state index in [9.17, 15) is 18.0 Å². The Balaban J connectivity index is 2.80. The first-order valence-corrected chi connectivity index (χ1v) is 5.66. The van der Waals surface area contributed by atoms with Crippen molar-refractivity contribution in [3.05, 3.63) is 29.6 Å². The minimum Gasteiger partial charge on any atom is -0.478 e. The topological polar surface area (TPSA) is 55.1 Å². The van der Waals surface area contributed by atoms with Crippen molar-refractivity contribution in [2.75, 3.05) is 0 Å². The summed E-state index contributed by atoms with van der Waals surface area (Å²) in [5.74, 6) is -2.35. The van der Waals surface area contributed by atoms with E-state index in [0.29, 0.717) is 6.42 Å². The standard InChI is InChI=1S/C12H11F3N2O2/c1-2-6-17-8-5-3-4-7(10(18)19)9(8)16-11(17)12(13,14)15/h3-5H,2,6H2,1H3,(H,18,19). The molecule has 0 amide bonds.